The molecular weight excluding hydrogens is 376 g/mol. The maximum atomic E-state index is 12.0. The average Bonchev–Trinajstić information content (AvgIpc) is 2.66. The van der Waals surface area contributed by atoms with Gasteiger partial charge in [0.2, 0.25) is 0 Å². The summed E-state index contributed by atoms with van der Waals surface area (Å²) in [6.07, 6.45) is 4.91. The summed E-state index contributed by atoms with van der Waals surface area (Å²) in [6.45, 7) is 8.60. The second-order valence-electron chi connectivity index (χ2n) is 7.44. The number of rotatable bonds is 10. The van der Waals surface area contributed by atoms with Crippen LogP contribution in [0.3, 0.4) is 0 Å². The summed E-state index contributed by atoms with van der Waals surface area (Å²) in [4.78, 5) is 13.2. The average molecular weight is 407 g/mol. The van der Waals surface area contributed by atoms with Crippen molar-refractivity contribution in [2.45, 2.75) is 69.9 Å². The Labute approximate surface area is 171 Å². The summed E-state index contributed by atoms with van der Waals surface area (Å²) >= 11 is 7.14. The second-order valence-corrected chi connectivity index (χ2v) is 9.19. The Morgan fingerprint density at radius 3 is 2.70 bits per heavy atom. The minimum Gasteiger partial charge on any atom is -0.465 e. The van der Waals surface area contributed by atoms with Gasteiger partial charge in [0.25, 0.3) is 0 Å². The van der Waals surface area contributed by atoms with Gasteiger partial charge in [-0.3, -0.25) is 4.79 Å². The molecule has 0 bridgehead atoms. The van der Waals surface area contributed by atoms with E-state index in [1.54, 1.807) is 0 Å². The highest BCUT2D eigenvalue weighted by molar-refractivity contribution is 8.00. The molecule has 0 aliphatic rings. The van der Waals surface area contributed by atoms with Crippen LogP contribution < -0.4 is 0 Å². The minimum absolute atomic E-state index is 0.0936. The molecule has 0 radical (unpaired) electrons. The van der Waals surface area contributed by atoms with Crippen molar-refractivity contribution in [3.05, 3.63) is 35.0 Å². The Morgan fingerprint density at radius 2 is 2.00 bits per heavy atom. The highest BCUT2D eigenvalue weighted by atomic mass is 32.2. The first kappa shape index (κ1) is 22.0. The van der Waals surface area contributed by atoms with E-state index >= 15 is 0 Å². The van der Waals surface area contributed by atoms with Crippen LogP contribution in [0, 0.1) is 10.1 Å². The Hall–Kier alpha value is -1.33. The topological polar surface area (TPSA) is 39.4 Å². The number of esters is 1. The number of ether oxygens (including phenoxy) is 1. The molecule has 0 spiro atoms. The van der Waals surface area contributed by atoms with E-state index in [4.69, 9.17) is 21.4 Å². The number of para-hydroxylation sites is 1. The molecule has 27 heavy (non-hydrogen) atoms. The monoisotopic (exact) mass is 406 g/mol. The number of hydrogen-bond acceptors (Lipinski definition) is 5. The van der Waals surface area contributed by atoms with Gasteiger partial charge in [-0.15, -0.1) is 11.8 Å². The Morgan fingerprint density at radius 1 is 1.26 bits per heavy atom. The smallest absolute Gasteiger partial charge is 0.311 e. The molecule has 2 rings (SSSR count). The predicted octanol–water partition coefficient (Wildman–Crippen LogP) is 7.18. The van der Waals surface area contributed by atoms with E-state index in [9.17, 15) is 4.79 Å². The van der Waals surface area contributed by atoms with Gasteiger partial charge < -0.3 is 9.15 Å². The van der Waals surface area contributed by atoms with Gasteiger partial charge in [0.15, 0.2) is 4.71 Å². The van der Waals surface area contributed by atoms with Crippen LogP contribution in [0.1, 0.15) is 59.8 Å². The number of fused-ring (bicyclic) bond motifs is 1. The van der Waals surface area contributed by atoms with Gasteiger partial charge in [-0.05, 0) is 64.2 Å². The summed E-state index contributed by atoms with van der Waals surface area (Å²) in [5.41, 5.74) is 0.455. The number of unbranched alkanes of at least 4 members (excludes halogenated alkanes) is 1. The van der Waals surface area contributed by atoms with Crippen molar-refractivity contribution < 1.29 is 13.9 Å². The van der Waals surface area contributed by atoms with E-state index in [2.05, 4.69) is 13.0 Å². The molecule has 3 nitrogen and oxygen atoms in total. The van der Waals surface area contributed by atoms with Crippen LogP contribution in [0.2, 0.25) is 0 Å². The van der Waals surface area contributed by atoms with E-state index in [-0.39, 0.29) is 11.4 Å². The molecule has 5 heteroatoms. The van der Waals surface area contributed by atoms with Gasteiger partial charge in [-0.25, -0.2) is 0 Å². The molecule has 2 aromatic rings. The number of carbonyl (C=O) groups excluding carboxylic acids is 1. The van der Waals surface area contributed by atoms with E-state index in [1.807, 2.05) is 56.8 Å². The Kier molecular flexibility index (Phi) is 8.36. The van der Waals surface area contributed by atoms with Crippen molar-refractivity contribution in [1.29, 1.82) is 0 Å². The zero-order valence-electron chi connectivity index (χ0n) is 16.7. The molecule has 0 amide bonds. The fourth-order valence-corrected chi connectivity index (χ4v) is 4.25. The molecule has 1 aromatic heterocycles. The Balaban J connectivity index is 1.87. The van der Waals surface area contributed by atoms with Crippen molar-refractivity contribution in [2.75, 3.05) is 6.61 Å². The van der Waals surface area contributed by atoms with E-state index in [0.29, 0.717) is 16.6 Å². The third-order valence-electron chi connectivity index (χ3n) is 4.95. The van der Waals surface area contributed by atoms with Crippen LogP contribution in [0.25, 0.3) is 11.0 Å². The van der Waals surface area contributed by atoms with Gasteiger partial charge in [-0.1, -0.05) is 32.0 Å². The van der Waals surface area contributed by atoms with E-state index < -0.39 is 0 Å². The second kappa shape index (κ2) is 10.3. The predicted molar refractivity (Wildman–Crippen MR) is 116 cm³/mol. The van der Waals surface area contributed by atoms with Crippen molar-refractivity contribution in [2.24, 2.45) is 5.41 Å². The fraction of sp³-hybridized carbons (Fsp3) is 0.545. The molecule has 0 aliphatic carbocycles. The standard InChI is InChI=1S/C22H30O3S2/c1-5-16(11-9-10-14-24-21(23)22(3,4)6-2)27-19-15-20(26)25-18-13-8-7-12-17(18)19/h7-8,12-13,15-16H,5-6,9-11,14H2,1-4H3. The molecule has 0 aliphatic heterocycles. The molecule has 1 heterocycles. The maximum absolute atomic E-state index is 12.0. The normalized spacial score (nSPS) is 12.9. The van der Waals surface area contributed by atoms with E-state index in [1.165, 1.54) is 4.90 Å². The lowest BCUT2D eigenvalue weighted by Gasteiger charge is -2.20. The maximum Gasteiger partial charge on any atom is 0.311 e. The summed E-state index contributed by atoms with van der Waals surface area (Å²) in [5, 5.41) is 1.62. The third kappa shape index (κ3) is 6.35. The van der Waals surface area contributed by atoms with Gasteiger partial charge in [-0.2, -0.15) is 0 Å². The molecule has 1 atom stereocenters. The molecule has 0 saturated heterocycles. The molecule has 0 fully saturated rings. The Bertz CT molecular complexity index is 811. The van der Waals surface area contributed by atoms with E-state index in [0.717, 1.165) is 43.1 Å². The highest BCUT2D eigenvalue weighted by Crippen LogP contribution is 2.34. The highest BCUT2D eigenvalue weighted by Gasteiger charge is 2.26. The number of hydrogen-bond donors (Lipinski definition) is 0. The lowest BCUT2D eigenvalue weighted by atomic mass is 9.91. The number of carbonyl (C=O) groups is 1. The lowest BCUT2D eigenvalue weighted by Crippen LogP contribution is -2.26. The zero-order chi connectivity index (χ0) is 19.9. The molecule has 1 unspecified atom stereocenters. The third-order valence-corrected chi connectivity index (χ3v) is 6.65. The first-order chi connectivity index (χ1) is 12.9. The largest absolute Gasteiger partial charge is 0.465 e. The van der Waals surface area contributed by atoms with Gasteiger partial charge in [0.05, 0.1) is 12.0 Å². The summed E-state index contributed by atoms with van der Waals surface area (Å²) < 4.78 is 11.6. The zero-order valence-corrected chi connectivity index (χ0v) is 18.4. The summed E-state index contributed by atoms with van der Waals surface area (Å²) in [7, 11) is 0. The summed E-state index contributed by atoms with van der Waals surface area (Å²) in [6, 6.07) is 9.99. The lowest BCUT2D eigenvalue weighted by molar-refractivity contribution is -0.154. The van der Waals surface area contributed by atoms with Crippen molar-refractivity contribution in [3.63, 3.8) is 0 Å². The first-order valence-electron chi connectivity index (χ1n) is 9.74. The molecule has 0 saturated carbocycles. The van der Waals surface area contributed by atoms with Crippen molar-refractivity contribution in [1.82, 2.24) is 0 Å². The minimum atomic E-state index is -0.386. The summed E-state index contributed by atoms with van der Waals surface area (Å²) in [5.74, 6) is -0.0936. The molecule has 1 aromatic carbocycles. The first-order valence-corrected chi connectivity index (χ1v) is 11.0. The van der Waals surface area contributed by atoms with Crippen LogP contribution in [-0.4, -0.2) is 17.8 Å². The van der Waals surface area contributed by atoms with Gasteiger partial charge in [0, 0.05) is 21.6 Å². The molecular formula is C22H30O3S2. The van der Waals surface area contributed by atoms with Crippen LogP contribution in [-0.2, 0) is 9.53 Å². The molecule has 148 valence electrons. The fourth-order valence-electron chi connectivity index (χ4n) is 2.68. The SMILES string of the molecule is CCC(CCCCOC(=O)C(C)(C)CC)Sc1cc(=S)oc2ccccc12. The van der Waals surface area contributed by atoms with Crippen molar-refractivity contribution in [3.8, 4) is 0 Å². The van der Waals surface area contributed by atoms with Crippen molar-refractivity contribution >= 4 is 40.9 Å². The van der Waals surface area contributed by atoms with Crippen LogP contribution in [0.15, 0.2) is 39.6 Å². The van der Waals surface area contributed by atoms with Crippen LogP contribution >= 0.6 is 24.0 Å². The quantitative estimate of drug-likeness (QED) is 0.181. The number of benzene rings is 1. The van der Waals surface area contributed by atoms with Crippen LogP contribution in [0.5, 0.6) is 0 Å². The van der Waals surface area contributed by atoms with Gasteiger partial charge in [0.1, 0.15) is 5.58 Å². The van der Waals surface area contributed by atoms with Crippen LogP contribution in [0.4, 0.5) is 0 Å². The number of thioether (sulfide) groups is 1. The van der Waals surface area contributed by atoms with Gasteiger partial charge >= 0.3 is 5.97 Å². The molecule has 0 N–H and O–H groups in total.